The Bertz CT molecular complexity index is 1070. The first kappa shape index (κ1) is 20.4. The third kappa shape index (κ3) is 3.91. The van der Waals surface area contributed by atoms with Crippen molar-refractivity contribution in [1.29, 1.82) is 0 Å². The first-order valence-corrected chi connectivity index (χ1v) is 11.0. The van der Waals surface area contributed by atoms with Crippen LogP contribution in [0.15, 0.2) is 36.5 Å². The molecule has 32 heavy (non-hydrogen) atoms. The molecule has 2 fully saturated rings. The average molecular weight is 435 g/mol. The molecule has 0 bridgehead atoms. The number of anilines is 2. The lowest BCUT2D eigenvalue weighted by Gasteiger charge is -2.30. The molecule has 3 aliphatic heterocycles. The zero-order valence-electron chi connectivity index (χ0n) is 17.8. The summed E-state index contributed by atoms with van der Waals surface area (Å²) in [6, 6.07) is 9.27. The third-order valence-electron chi connectivity index (χ3n) is 6.30. The van der Waals surface area contributed by atoms with E-state index in [4.69, 9.17) is 0 Å². The van der Waals surface area contributed by atoms with Gasteiger partial charge >= 0.3 is 0 Å². The van der Waals surface area contributed by atoms with Crippen LogP contribution in [-0.2, 0) is 22.7 Å². The maximum Gasteiger partial charge on any atom is 0.255 e. The second kappa shape index (κ2) is 8.58. The van der Waals surface area contributed by atoms with E-state index < -0.39 is 6.04 Å². The zero-order chi connectivity index (χ0) is 22.1. The number of nitrogens with zero attached hydrogens (tertiary/aromatic N) is 3. The van der Waals surface area contributed by atoms with E-state index in [1.807, 2.05) is 24.3 Å². The van der Waals surface area contributed by atoms with Gasteiger partial charge in [-0.05, 0) is 35.7 Å². The summed E-state index contributed by atoms with van der Waals surface area (Å²) in [6.07, 6.45) is 2.40. The third-order valence-corrected chi connectivity index (χ3v) is 6.30. The van der Waals surface area contributed by atoms with Crippen molar-refractivity contribution in [3.63, 3.8) is 0 Å². The fraction of sp³-hybridized carbons (Fsp3) is 0.391. The standard InChI is InChI=1S/C23H26N6O3/c30-20-6-5-19(22(31)27-20)29-14-16-4-3-15(12-17(16)23(29)32)13-26-21-18(2-1-7-25-21)28-10-8-24-9-11-28/h1-4,7,12,19,24H,5-6,8-11,13-14H2,(H,25,26)(H,27,30,31). The number of pyridine rings is 1. The SMILES string of the molecule is O=C1CCC(N2Cc3ccc(CNc4ncccc4N4CCNCC4)cc3C2=O)C(=O)N1. The number of carbonyl (C=O) groups excluding carboxylic acids is 3. The minimum atomic E-state index is -0.593. The molecule has 3 N–H and O–H groups in total. The van der Waals surface area contributed by atoms with Crippen LogP contribution in [0.2, 0.25) is 0 Å². The van der Waals surface area contributed by atoms with Crippen molar-refractivity contribution >= 4 is 29.2 Å². The first-order chi connectivity index (χ1) is 15.6. The van der Waals surface area contributed by atoms with Crippen LogP contribution in [-0.4, -0.2) is 59.8 Å². The van der Waals surface area contributed by atoms with Crippen LogP contribution in [0.5, 0.6) is 0 Å². The normalized spacial score (nSPS) is 20.9. The van der Waals surface area contributed by atoms with Gasteiger partial charge in [-0.2, -0.15) is 0 Å². The van der Waals surface area contributed by atoms with E-state index in [2.05, 4.69) is 31.9 Å². The van der Waals surface area contributed by atoms with Crippen molar-refractivity contribution in [3.05, 3.63) is 53.2 Å². The number of imide groups is 1. The number of hydrogen-bond donors (Lipinski definition) is 3. The highest BCUT2D eigenvalue weighted by molar-refractivity contribution is 6.05. The molecule has 2 saturated heterocycles. The Balaban J connectivity index is 1.29. The molecule has 166 valence electrons. The zero-order valence-corrected chi connectivity index (χ0v) is 17.8. The molecule has 0 saturated carbocycles. The van der Waals surface area contributed by atoms with Crippen LogP contribution < -0.4 is 20.9 Å². The summed E-state index contributed by atoms with van der Waals surface area (Å²) >= 11 is 0. The van der Waals surface area contributed by atoms with Crippen LogP contribution in [0.3, 0.4) is 0 Å². The number of piperazine rings is 1. The van der Waals surface area contributed by atoms with E-state index in [0.29, 0.717) is 25.1 Å². The summed E-state index contributed by atoms with van der Waals surface area (Å²) in [4.78, 5) is 45.1. The number of hydrogen-bond acceptors (Lipinski definition) is 7. The van der Waals surface area contributed by atoms with Gasteiger partial charge in [0.2, 0.25) is 11.8 Å². The maximum absolute atomic E-state index is 13.0. The number of fused-ring (bicyclic) bond motifs is 1. The van der Waals surface area contributed by atoms with Crippen LogP contribution in [0.4, 0.5) is 11.5 Å². The summed E-state index contributed by atoms with van der Waals surface area (Å²) in [5.74, 6) is 0.000421. The van der Waals surface area contributed by atoms with E-state index in [1.54, 1.807) is 11.1 Å². The van der Waals surface area contributed by atoms with E-state index in [-0.39, 0.29) is 24.1 Å². The number of benzene rings is 1. The van der Waals surface area contributed by atoms with Crippen LogP contribution in [0.25, 0.3) is 0 Å². The van der Waals surface area contributed by atoms with Gasteiger partial charge in [0.15, 0.2) is 0 Å². The first-order valence-electron chi connectivity index (χ1n) is 11.0. The molecular weight excluding hydrogens is 408 g/mol. The maximum atomic E-state index is 13.0. The molecule has 9 nitrogen and oxygen atoms in total. The van der Waals surface area contributed by atoms with Crippen LogP contribution >= 0.6 is 0 Å². The Hall–Kier alpha value is -3.46. The Morgan fingerprint density at radius 2 is 1.97 bits per heavy atom. The second-order valence-electron chi connectivity index (χ2n) is 8.35. The van der Waals surface area contributed by atoms with Gasteiger partial charge < -0.3 is 20.4 Å². The van der Waals surface area contributed by atoms with Crippen LogP contribution in [0, 0.1) is 0 Å². The molecule has 0 spiro atoms. The van der Waals surface area contributed by atoms with Gasteiger partial charge in [-0.25, -0.2) is 4.98 Å². The molecule has 2 aromatic rings. The Labute approximate surface area is 186 Å². The van der Waals surface area contributed by atoms with Gasteiger partial charge in [0.25, 0.3) is 5.91 Å². The molecule has 1 aromatic heterocycles. The van der Waals surface area contributed by atoms with Crippen molar-refractivity contribution in [2.75, 3.05) is 36.4 Å². The summed E-state index contributed by atoms with van der Waals surface area (Å²) < 4.78 is 0. The van der Waals surface area contributed by atoms with E-state index in [0.717, 1.165) is 48.8 Å². The van der Waals surface area contributed by atoms with Gasteiger partial charge in [0.1, 0.15) is 11.9 Å². The molecule has 1 atom stereocenters. The van der Waals surface area contributed by atoms with Crippen LogP contribution in [0.1, 0.15) is 34.3 Å². The minimum Gasteiger partial charge on any atom is -0.366 e. The lowest BCUT2D eigenvalue weighted by molar-refractivity contribution is -0.136. The molecule has 0 aliphatic carbocycles. The number of aromatic nitrogens is 1. The highest BCUT2D eigenvalue weighted by atomic mass is 16.2. The van der Waals surface area contributed by atoms with Crippen molar-refractivity contribution < 1.29 is 14.4 Å². The van der Waals surface area contributed by atoms with E-state index >= 15 is 0 Å². The van der Waals surface area contributed by atoms with Gasteiger partial charge in [0.05, 0.1) is 5.69 Å². The fourth-order valence-electron chi connectivity index (χ4n) is 4.59. The number of piperidine rings is 1. The quantitative estimate of drug-likeness (QED) is 0.600. The smallest absolute Gasteiger partial charge is 0.255 e. The molecular formula is C23H26N6O3. The highest BCUT2D eigenvalue weighted by Gasteiger charge is 2.39. The molecule has 9 heteroatoms. The minimum absolute atomic E-state index is 0.157. The molecule has 1 unspecified atom stereocenters. The lowest BCUT2D eigenvalue weighted by Crippen LogP contribution is -2.52. The van der Waals surface area contributed by atoms with Crippen molar-refractivity contribution in [2.24, 2.45) is 0 Å². The topological polar surface area (TPSA) is 107 Å². The largest absolute Gasteiger partial charge is 0.366 e. The number of amides is 3. The highest BCUT2D eigenvalue weighted by Crippen LogP contribution is 2.29. The second-order valence-corrected chi connectivity index (χ2v) is 8.35. The summed E-state index contributed by atoms with van der Waals surface area (Å²) in [7, 11) is 0. The monoisotopic (exact) mass is 434 g/mol. The Morgan fingerprint density at radius 3 is 2.78 bits per heavy atom. The fourth-order valence-corrected chi connectivity index (χ4v) is 4.59. The van der Waals surface area contributed by atoms with Gasteiger partial charge in [-0.1, -0.05) is 12.1 Å². The molecule has 1 aromatic carbocycles. The van der Waals surface area contributed by atoms with E-state index in [1.165, 1.54) is 0 Å². The Morgan fingerprint density at radius 1 is 1.12 bits per heavy atom. The number of nitrogens with one attached hydrogen (secondary N) is 3. The van der Waals surface area contributed by atoms with Gasteiger partial charge in [0, 0.05) is 57.4 Å². The average Bonchev–Trinajstić information content (AvgIpc) is 3.14. The molecule has 3 aliphatic rings. The van der Waals surface area contributed by atoms with Crippen molar-refractivity contribution in [1.82, 2.24) is 20.5 Å². The molecule has 4 heterocycles. The molecule has 3 amide bonds. The Kier molecular flexibility index (Phi) is 5.48. The lowest BCUT2D eigenvalue weighted by atomic mass is 10.0. The summed E-state index contributed by atoms with van der Waals surface area (Å²) in [5.41, 5.74) is 3.58. The molecule has 0 radical (unpaired) electrons. The number of rotatable bonds is 5. The van der Waals surface area contributed by atoms with Gasteiger partial charge in [-0.15, -0.1) is 0 Å². The summed E-state index contributed by atoms with van der Waals surface area (Å²) in [5, 5.41) is 9.12. The predicted octanol–water partition coefficient (Wildman–Crippen LogP) is 0.864. The molecule has 5 rings (SSSR count). The predicted molar refractivity (Wildman–Crippen MR) is 119 cm³/mol. The summed E-state index contributed by atoms with van der Waals surface area (Å²) in [6.45, 7) is 4.69. The van der Waals surface area contributed by atoms with Crippen molar-refractivity contribution in [2.45, 2.75) is 32.0 Å². The van der Waals surface area contributed by atoms with Gasteiger partial charge in [-0.3, -0.25) is 19.7 Å². The van der Waals surface area contributed by atoms with E-state index in [9.17, 15) is 14.4 Å². The van der Waals surface area contributed by atoms with Crippen molar-refractivity contribution in [3.8, 4) is 0 Å². The number of carbonyl (C=O) groups is 3.